The van der Waals surface area contributed by atoms with Crippen molar-refractivity contribution in [3.05, 3.63) is 0 Å². The van der Waals surface area contributed by atoms with E-state index in [1.54, 1.807) is 0 Å². The molecule has 0 atom stereocenters. The molecule has 0 radical (unpaired) electrons. The van der Waals surface area contributed by atoms with Crippen molar-refractivity contribution < 1.29 is 13.6 Å². The molecule has 1 fully saturated rings. The average molecular weight is 121 g/mol. The van der Waals surface area contributed by atoms with Crippen molar-refractivity contribution >= 4 is 5.91 Å². The van der Waals surface area contributed by atoms with Crippen molar-refractivity contribution in [1.29, 1.82) is 0 Å². The summed E-state index contributed by atoms with van der Waals surface area (Å²) in [4.78, 5) is 10.1. The molecule has 2 nitrogen and oxygen atoms in total. The number of amides is 1. The van der Waals surface area contributed by atoms with E-state index in [0.29, 0.717) is 0 Å². The lowest BCUT2D eigenvalue weighted by molar-refractivity contribution is -0.120. The Morgan fingerprint density at radius 3 is 2.38 bits per heavy atom. The van der Waals surface area contributed by atoms with Gasteiger partial charge in [-0.2, -0.15) is 0 Å². The van der Waals surface area contributed by atoms with Crippen LogP contribution in [-0.2, 0) is 4.79 Å². The van der Waals surface area contributed by atoms with Crippen LogP contribution in [0.15, 0.2) is 0 Å². The fourth-order valence-electron chi connectivity index (χ4n) is 0.588. The number of carbonyl (C=O) groups is 1. The van der Waals surface area contributed by atoms with Crippen molar-refractivity contribution in [1.82, 2.24) is 5.32 Å². The highest BCUT2D eigenvalue weighted by atomic mass is 19.3. The van der Waals surface area contributed by atoms with Gasteiger partial charge in [0.05, 0.1) is 13.0 Å². The zero-order valence-corrected chi connectivity index (χ0v) is 4.08. The van der Waals surface area contributed by atoms with Crippen LogP contribution in [0.25, 0.3) is 0 Å². The van der Waals surface area contributed by atoms with Crippen LogP contribution >= 0.6 is 0 Å². The van der Waals surface area contributed by atoms with Gasteiger partial charge in [-0.15, -0.1) is 0 Å². The lowest BCUT2D eigenvalue weighted by Gasteiger charge is -2.00. The van der Waals surface area contributed by atoms with Crippen LogP contribution < -0.4 is 5.32 Å². The summed E-state index contributed by atoms with van der Waals surface area (Å²) in [6.07, 6.45) is -0.646. The third kappa shape index (κ3) is 0.936. The van der Waals surface area contributed by atoms with Crippen LogP contribution in [0.2, 0.25) is 0 Å². The normalized spacial score (nSPS) is 25.5. The molecule has 0 aromatic carbocycles. The molecule has 0 unspecified atom stereocenters. The molecule has 1 heterocycles. The minimum Gasteiger partial charge on any atom is -0.350 e. The highest BCUT2D eigenvalue weighted by Crippen LogP contribution is 2.20. The number of hydrogen-bond donors (Lipinski definition) is 1. The van der Waals surface area contributed by atoms with Gasteiger partial charge in [-0.1, -0.05) is 0 Å². The Balaban J connectivity index is 2.56. The highest BCUT2D eigenvalue weighted by molar-refractivity contribution is 5.79. The minimum absolute atomic E-state index is 0.494. The Kier molecular flexibility index (Phi) is 0.957. The number of nitrogens with one attached hydrogen (secondary N) is 1. The summed E-state index contributed by atoms with van der Waals surface area (Å²) in [6, 6.07) is 0. The van der Waals surface area contributed by atoms with Crippen LogP contribution in [0.5, 0.6) is 0 Å². The summed E-state index contributed by atoms with van der Waals surface area (Å²) >= 11 is 0. The van der Waals surface area contributed by atoms with E-state index in [1.807, 2.05) is 5.32 Å². The Labute approximate surface area is 44.9 Å². The summed E-state index contributed by atoms with van der Waals surface area (Å²) < 4.78 is 23.8. The lowest BCUT2D eigenvalue weighted by atomic mass is 10.3. The molecule has 1 N–H and O–H groups in total. The first-order valence-corrected chi connectivity index (χ1v) is 2.25. The van der Waals surface area contributed by atoms with Crippen LogP contribution in [0.1, 0.15) is 6.42 Å². The summed E-state index contributed by atoms with van der Waals surface area (Å²) in [6.45, 7) is -0.494. The van der Waals surface area contributed by atoms with Crippen molar-refractivity contribution in [2.45, 2.75) is 12.3 Å². The minimum atomic E-state index is -2.79. The largest absolute Gasteiger partial charge is 0.350 e. The molecular weight excluding hydrogens is 116 g/mol. The first-order chi connectivity index (χ1) is 3.60. The standard InChI is InChI=1S/C4H5F2NO/c5-4(6)1-3(8)7-2-4/h1-2H2,(H,7,8). The number of carbonyl (C=O) groups excluding carboxylic acids is 1. The zero-order chi connectivity index (χ0) is 6.20. The number of rotatable bonds is 0. The van der Waals surface area contributed by atoms with Crippen molar-refractivity contribution in [3.8, 4) is 0 Å². The van der Waals surface area contributed by atoms with Gasteiger partial charge in [-0.25, -0.2) is 8.78 Å². The molecule has 0 spiro atoms. The Hall–Kier alpha value is -0.670. The van der Waals surface area contributed by atoms with Gasteiger partial charge in [-0.3, -0.25) is 4.79 Å². The molecule has 1 aliphatic rings. The average Bonchev–Trinajstić information content (AvgIpc) is 1.82. The van der Waals surface area contributed by atoms with E-state index < -0.39 is 24.8 Å². The second-order valence-corrected chi connectivity index (χ2v) is 1.81. The first kappa shape index (κ1) is 5.47. The molecule has 0 aliphatic carbocycles. The van der Waals surface area contributed by atoms with Gasteiger partial charge in [0.2, 0.25) is 5.91 Å². The molecule has 0 saturated carbocycles. The molecule has 1 rings (SSSR count). The van der Waals surface area contributed by atoms with Crippen molar-refractivity contribution in [2.24, 2.45) is 0 Å². The van der Waals surface area contributed by atoms with Crippen molar-refractivity contribution in [2.75, 3.05) is 6.54 Å². The van der Waals surface area contributed by atoms with Crippen LogP contribution in [0.4, 0.5) is 8.78 Å². The van der Waals surface area contributed by atoms with Gasteiger partial charge in [0.1, 0.15) is 0 Å². The number of hydrogen-bond acceptors (Lipinski definition) is 1. The lowest BCUT2D eigenvalue weighted by Crippen LogP contribution is -2.19. The Morgan fingerprint density at radius 2 is 2.25 bits per heavy atom. The summed E-state index contributed by atoms with van der Waals surface area (Å²) in [5.41, 5.74) is 0. The van der Waals surface area contributed by atoms with Gasteiger partial charge < -0.3 is 5.32 Å². The quantitative estimate of drug-likeness (QED) is 0.485. The van der Waals surface area contributed by atoms with Gasteiger partial charge in [0, 0.05) is 0 Å². The van der Waals surface area contributed by atoms with E-state index in [4.69, 9.17) is 0 Å². The maximum absolute atomic E-state index is 11.9. The summed E-state index contributed by atoms with van der Waals surface area (Å²) in [7, 11) is 0. The van der Waals surface area contributed by atoms with E-state index in [9.17, 15) is 13.6 Å². The number of halogens is 2. The molecular formula is C4H5F2NO. The predicted octanol–water partition coefficient (Wildman–Crippen LogP) is 0.142. The molecule has 46 valence electrons. The highest BCUT2D eigenvalue weighted by Gasteiger charge is 2.38. The predicted molar refractivity (Wildman–Crippen MR) is 22.6 cm³/mol. The molecule has 1 saturated heterocycles. The van der Waals surface area contributed by atoms with Gasteiger partial charge in [-0.05, 0) is 0 Å². The molecule has 8 heavy (non-hydrogen) atoms. The molecule has 1 aliphatic heterocycles. The van der Waals surface area contributed by atoms with E-state index in [1.165, 1.54) is 0 Å². The SMILES string of the molecule is O=C1CC(F)(F)CN1. The smallest absolute Gasteiger partial charge is 0.273 e. The zero-order valence-electron chi connectivity index (χ0n) is 4.08. The van der Waals surface area contributed by atoms with Gasteiger partial charge >= 0.3 is 0 Å². The van der Waals surface area contributed by atoms with E-state index >= 15 is 0 Å². The van der Waals surface area contributed by atoms with E-state index in [0.717, 1.165) is 0 Å². The van der Waals surface area contributed by atoms with E-state index in [-0.39, 0.29) is 0 Å². The summed E-state index contributed by atoms with van der Waals surface area (Å²) in [5.74, 6) is -3.35. The second-order valence-electron chi connectivity index (χ2n) is 1.81. The summed E-state index contributed by atoms with van der Waals surface area (Å²) in [5, 5.41) is 2.02. The van der Waals surface area contributed by atoms with Crippen LogP contribution in [0, 0.1) is 0 Å². The van der Waals surface area contributed by atoms with Crippen molar-refractivity contribution in [3.63, 3.8) is 0 Å². The maximum Gasteiger partial charge on any atom is 0.273 e. The number of alkyl halides is 2. The fraction of sp³-hybridized carbons (Fsp3) is 0.750. The molecule has 0 bridgehead atoms. The van der Waals surface area contributed by atoms with Crippen LogP contribution in [0.3, 0.4) is 0 Å². The van der Waals surface area contributed by atoms with Gasteiger partial charge in [0.15, 0.2) is 0 Å². The Bertz CT molecular complexity index is 123. The molecule has 0 aromatic heterocycles. The van der Waals surface area contributed by atoms with Crippen LogP contribution in [-0.4, -0.2) is 18.4 Å². The second kappa shape index (κ2) is 1.40. The molecule has 0 aromatic rings. The molecule has 1 amide bonds. The monoisotopic (exact) mass is 121 g/mol. The first-order valence-electron chi connectivity index (χ1n) is 2.25. The third-order valence-electron chi connectivity index (χ3n) is 0.963. The third-order valence-corrected chi connectivity index (χ3v) is 0.963. The fourth-order valence-corrected chi connectivity index (χ4v) is 0.588. The van der Waals surface area contributed by atoms with E-state index in [2.05, 4.69) is 0 Å². The maximum atomic E-state index is 11.9. The van der Waals surface area contributed by atoms with Gasteiger partial charge in [0.25, 0.3) is 5.92 Å². The Morgan fingerprint density at radius 1 is 1.62 bits per heavy atom. The topological polar surface area (TPSA) is 29.1 Å². The molecule has 4 heteroatoms.